The van der Waals surface area contributed by atoms with Gasteiger partial charge in [-0.3, -0.25) is 0 Å². The molecule has 5 nitrogen and oxygen atoms in total. The molecular formula is C17H30N4O. The molecule has 1 aromatic rings. The van der Waals surface area contributed by atoms with E-state index in [2.05, 4.69) is 41.3 Å². The summed E-state index contributed by atoms with van der Waals surface area (Å²) in [6, 6.07) is 7.99. The molecule has 0 aliphatic rings. The van der Waals surface area contributed by atoms with Gasteiger partial charge in [0.15, 0.2) is 5.96 Å². The SMILES string of the molecule is CCNC(=NCc1ccccc1OC)NCCN(CC)CC. The number of hydrogen-bond donors (Lipinski definition) is 2. The average molecular weight is 306 g/mol. The van der Waals surface area contributed by atoms with Crippen molar-refractivity contribution in [2.75, 3.05) is 39.8 Å². The van der Waals surface area contributed by atoms with Crippen LogP contribution in [0.5, 0.6) is 5.75 Å². The minimum absolute atomic E-state index is 0.602. The second kappa shape index (κ2) is 10.9. The van der Waals surface area contributed by atoms with Gasteiger partial charge in [-0.2, -0.15) is 0 Å². The average Bonchev–Trinajstić information content (AvgIpc) is 2.56. The van der Waals surface area contributed by atoms with Crippen LogP contribution in [0.4, 0.5) is 0 Å². The molecule has 1 rings (SSSR count). The standard InChI is InChI=1S/C17H30N4O/c1-5-18-17(19-12-13-21(6-2)7-3)20-14-15-10-8-9-11-16(15)22-4/h8-11H,5-7,12-14H2,1-4H3,(H2,18,19,20). The maximum atomic E-state index is 5.36. The Hall–Kier alpha value is -1.75. The zero-order chi connectivity index (χ0) is 16.2. The van der Waals surface area contributed by atoms with Gasteiger partial charge < -0.3 is 20.3 Å². The minimum Gasteiger partial charge on any atom is -0.496 e. The number of nitrogens with zero attached hydrogens (tertiary/aromatic N) is 2. The summed E-state index contributed by atoms with van der Waals surface area (Å²) >= 11 is 0. The van der Waals surface area contributed by atoms with Gasteiger partial charge in [0.1, 0.15) is 5.75 Å². The van der Waals surface area contributed by atoms with Gasteiger partial charge in [-0.05, 0) is 26.1 Å². The lowest BCUT2D eigenvalue weighted by atomic mass is 10.2. The number of nitrogens with one attached hydrogen (secondary N) is 2. The van der Waals surface area contributed by atoms with E-state index in [9.17, 15) is 0 Å². The predicted molar refractivity (Wildman–Crippen MR) is 93.6 cm³/mol. The fourth-order valence-corrected chi connectivity index (χ4v) is 2.21. The third-order valence-corrected chi connectivity index (χ3v) is 3.56. The molecule has 0 saturated heterocycles. The Morgan fingerprint density at radius 1 is 1.14 bits per heavy atom. The normalized spacial score (nSPS) is 11.6. The summed E-state index contributed by atoms with van der Waals surface area (Å²) in [5.41, 5.74) is 1.09. The van der Waals surface area contributed by atoms with Gasteiger partial charge >= 0.3 is 0 Å². The van der Waals surface area contributed by atoms with Crippen LogP contribution in [0.25, 0.3) is 0 Å². The molecule has 0 bridgehead atoms. The summed E-state index contributed by atoms with van der Waals surface area (Å²) in [5.74, 6) is 1.73. The van der Waals surface area contributed by atoms with E-state index in [1.165, 1.54) is 0 Å². The van der Waals surface area contributed by atoms with Crippen LogP contribution >= 0.6 is 0 Å². The first-order valence-corrected chi connectivity index (χ1v) is 8.11. The fraction of sp³-hybridized carbons (Fsp3) is 0.588. The van der Waals surface area contributed by atoms with Crippen molar-refractivity contribution in [1.82, 2.24) is 15.5 Å². The molecule has 0 radical (unpaired) electrons. The molecule has 0 aromatic heterocycles. The lowest BCUT2D eigenvalue weighted by Gasteiger charge is -2.19. The quantitative estimate of drug-likeness (QED) is 0.542. The van der Waals surface area contributed by atoms with E-state index in [1.54, 1.807) is 7.11 Å². The summed E-state index contributed by atoms with van der Waals surface area (Å²) in [4.78, 5) is 7.02. The van der Waals surface area contributed by atoms with Crippen molar-refractivity contribution in [1.29, 1.82) is 0 Å². The number of guanidine groups is 1. The molecule has 0 amide bonds. The van der Waals surface area contributed by atoms with Crippen LogP contribution in [0.1, 0.15) is 26.3 Å². The van der Waals surface area contributed by atoms with Crippen LogP contribution in [0.3, 0.4) is 0 Å². The van der Waals surface area contributed by atoms with Crippen molar-refractivity contribution in [3.8, 4) is 5.75 Å². The minimum atomic E-state index is 0.602. The number of likely N-dealkylation sites (N-methyl/N-ethyl adjacent to an activating group) is 1. The number of rotatable bonds is 9. The second-order valence-electron chi connectivity index (χ2n) is 4.96. The van der Waals surface area contributed by atoms with Gasteiger partial charge in [0, 0.05) is 25.2 Å². The summed E-state index contributed by atoms with van der Waals surface area (Å²) in [7, 11) is 1.69. The highest BCUT2D eigenvalue weighted by molar-refractivity contribution is 5.79. The number of methoxy groups -OCH3 is 1. The lowest BCUT2D eigenvalue weighted by Crippen LogP contribution is -2.41. The number of hydrogen-bond acceptors (Lipinski definition) is 3. The third kappa shape index (κ3) is 6.35. The molecule has 0 atom stereocenters. The van der Waals surface area contributed by atoms with Crippen molar-refractivity contribution < 1.29 is 4.74 Å². The molecule has 0 saturated carbocycles. The highest BCUT2D eigenvalue weighted by atomic mass is 16.5. The Morgan fingerprint density at radius 2 is 1.86 bits per heavy atom. The third-order valence-electron chi connectivity index (χ3n) is 3.56. The topological polar surface area (TPSA) is 48.9 Å². The highest BCUT2D eigenvalue weighted by Gasteiger charge is 2.03. The largest absolute Gasteiger partial charge is 0.496 e. The lowest BCUT2D eigenvalue weighted by molar-refractivity contribution is 0.308. The Bertz CT molecular complexity index is 444. The Morgan fingerprint density at radius 3 is 2.50 bits per heavy atom. The molecule has 0 unspecified atom stereocenters. The first kappa shape index (κ1) is 18.3. The second-order valence-corrected chi connectivity index (χ2v) is 4.96. The Kier molecular flexibility index (Phi) is 9.07. The number of ether oxygens (including phenoxy) is 1. The summed E-state index contributed by atoms with van der Waals surface area (Å²) in [5, 5.41) is 6.66. The molecule has 1 aromatic carbocycles. The van der Waals surface area contributed by atoms with Gasteiger partial charge in [-0.25, -0.2) is 4.99 Å². The van der Waals surface area contributed by atoms with E-state index in [4.69, 9.17) is 4.74 Å². The van der Waals surface area contributed by atoms with Crippen LogP contribution in [-0.4, -0.2) is 50.7 Å². The Balaban J connectivity index is 2.58. The molecular weight excluding hydrogens is 276 g/mol. The van der Waals surface area contributed by atoms with Crippen LogP contribution in [0.15, 0.2) is 29.3 Å². The van der Waals surface area contributed by atoms with Crippen LogP contribution in [0.2, 0.25) is 0 Å². The number of para-hydroxylation sites is 1. The van der Waals surface area contributed by atoms with E-state index < -0.39 is 0 Å². The molecule has 0 aliphatic heterocycles. The first-order valence-electron chi connectivity index (χ1n) is 8.11. The van der Waals surface area contributed by atoms with Crippen LogP contribution in [-0.2, 0) is 6.54 Å². The fourth-order valence-electron chi connectivity index (χ4n) is 2.21. The molecule has 5 heteroatoms. The molecule has 124 valence electrons. The van der Waals surface area contributed by atoms with Crippen LogP contribution in [0, 0.1) is 0 Å². The molecule has 0 aliphatic carbocycles. The van der Waals surface area contributed by atoms with Crippen molar-refractivity contribution >= 4 is 5.96 Å². The van der Waals surface area contributed by atoms with E-state index in [0.717, 1.165) is 50.0 Å². The monoisotopic (exact) mass is 306 g/mol. The summed E-state index contributed by atoms with van der Waals surface area (Å²) < 4.78 is 5.36. The van der Waals surface area contributed by atoms with Crippen molar-refractivity contribution in [2.24, 2.45) is 4.99 Å². The van der Waals surface area contributed by atoms with Gasteiger partial charge in [-0.15, -0.1) is 0 Å². The van der Waals surface area contributed by atoms with Crippen molar-refractivity contribution in [2.45, 2.75) is 27.3 Å². The van der Waals surface area contributed by atoms with Crippen molar-refractivity contribution in [3.63, 3.8) is 0 Å². The number of aliphatic imine (C=N–C) groups is 1. The van der Waals surface area contributed by atoms with E-state index in [0.29, 0.717) is 6.54 Å². The van der Waals surface area contributed by atoms with Gasteiger partial charge in [0.2, 0.25) is 0 Å². The van der Waals surface area contributed by atoms with Gasteiger partial charge in [0.05, 0.1) is 13.7 Å². The van der Waals surface area contributed by atoms with E-state index in [-0.39, 0.29) is 0 Å². The molecule has 2 N–H and O–H groups in total. The zero-order valence-corrected chi connectivity index (χ0v) is 14.4. The van der Waals surface area contributed by atoms with E-state index in [1.807, 2.05) is 24.3 Å². The summed E-state index contributed by atoms with van der Waals surface area (Å²) in [6.07, 6.45) is 0. The molecule has 0 heterocycles. The maximum absolute atomic E-state index is 5.36. The van der Waals surface area contributed by atoms with Crippen molar-refractivity contribution in [3.05, 3.63) is 29.8 Å². The van der Waals surface area contributed by atoms with E-state index >= 15 is 0 Å². The van der Waals surface area contributed by atoms with Gasteiger partial charge in [-0.1, -0.05) is 32.0 Å². The first-order chi connectivity index (χ1) is 10.7. The number of benzene rings is 1. The van der Waals surface area contributed by atoms with Gasteiger partial charge in [0.25, 0.3) is 0 Å². The highest BCUT2D eigenvalue weighted by Crippen LogP contribution is 2.17. The Labute approximate surface area is 134 Å². The molecule has 0 fully saturated rings. The summed E-state index contributed by atoms with van der Waals surface area (Å²) in [6.45, 7) is 12.0. The smallest absolute Gasteiger partial charge is 0.191 e. The molecule has 0 spiro atoms. The molecule has 22 heavy (non-hydrogen) atoms. The maximum Gasteiger partial charge on any atom is 0.191 e. The predicted octanol–water partition coefficient (Wildman–Crippen LogP) is 2.09. The van der Waals surface area contributed by atoms with Crippen LogP contribution < -0.4 is 15.4 Å². The zero-order valence-electron chi connectivity index (χ0n) is 14.4.